The van der Waals surface area contributed by atoms with E-state index in [4.69, 9.17) is 10.2 Å². The number of hydrogen-bond donors (Lipinski definition) is 1. The molecular weight excluding hydrogens is 246 g/mol. The van der Waals surface area contributed by atoms with Gasteiger partial charge in [-0.05, 0) is 24.8 Å². The summed E-state index contributed by atoms with van der Waals surface area (Å²) in [7, 11) is 0. The second-order valence-electron chi connectivity index (χ2n) is 4.78. The van der Waals surface area contributed by atoms with E-state index in [0.29, 0.717) is 6.04 Å². The molecule has 0 bridgehead atoms. The van der Waals surface area contributed by atoms with Crippen LogP contribution in [0, 0.1) is 6.92 Å². The first-order valence-corrected chi connectivity index (χ1v) is 7.08. The Morgan fingerprint density at radius 3 is 3.17 bits per heavy atom. The number of nitrogens with two attached hydrogens (primary N) is 1. The molecule has 1 unspecified atom stereocenters. The van der Waals surface area contributed by atoms with Gasteiger partial charge in [-0.15, -0.1) is 11.3 Å². The van der Waals surface area contributed by atoms with Gasteiger partial charge in [0.2, 0.25) is 5.89 Å². The number of hydrogen-bond acceptors (Lipinski definition) is 5. The van der Waals surface area contributed by atoms with Crippen molar-refractivity contribution in [2.24, 2.45) is 5.73 Å². The molecule has 5 heteroatoms. The third kappa shape index (κ3) is 2.34. The summed E-state index contributed by atoms with van der Waals surface area (Å²) in [4.78, 5) is 8.03. The van der Waals surface area contributed by atoms with Crippen molar-refractivity contribution in [1.29, 1.82) is 0 Å². The van der Waals surface area contributed by atoms with E-state index in [1.807, 2.05) is 24.4 Å². The van der Waals surface area contributed by atoms with Crippen molar-refractivity contribution in [3.8, 4) is 10.8 Å². The maximum absolute atomic E-state index is 5.92. The van der Waals surface area contributed by atoms with Crippen LogP contribution in [0.2, 0.25) is 0 Å². The zero-order chi connectivity index (χ0) is 12.5. The van der Waals surface area contributed by atoms with Gasteiger partial charge in [0.15, 0.2) is 0 Å². The first-order valence-electron chi connectivity index (χ1n) is 6.20. The minimum Gasteiger partial charge on any atom is -0.440 e. The van der Waals surface area contributed by atoms with Crippen molar-refractivity contribution < 1.29 is 4.42 Å². The number of aromatic nitrogens is 1. The van der Waals surface area contributed by atoms with Gasteiger partial charge in [-0.2, -0.15) is 0 Å². The van der Waals surface area contributed by atoms with E-state index in [0.717, 1.165) is 48.3 Å². The first-order chi connectivity index (χ1) is 8.72. The summed E-state index contributed by atoms with van der Waals surface area (Å²) in [5.74, 6) is 1.65. The molecule has 1 fully saturated rings. The summed E-state index contributed by atoms with van der Waals surface area (Å²) in [6.45, 7) is 4.84. The fourth-order valence-corrected chi connectivity index (χ4v) is 2.95. The number of nitrogens with zero attached hydrogens (tertiary/aromatic N) is 2. The highest BCUT2D eigenvalue weighted by Crippen LogP contribution is 2.26. The molecule has 1 aliphatic heterocycles. The predicted octanol–water partition coefficient (Wildman–Crippen LogP) is 2.24. The van der Waals surface area contributed by atoms with Crippen LogP contribution in [0.5, 0.6) is 0 Å². The van der Waals surface area contributed by atoms with Crippen LogP contribution in [0.3, 0.4) is 0 Å². The van der Waals surface area contributed by atoms with Crippen molar-refractivity contribution in [3.63, 3.8) is 0 Å². The summed E-state index contributed by atoms with van der Waals surface area (Å²) in [6, 6.07) is 4.36. The van der Waals surface area contributed by atoms with E-state index < -0.39 is 0 Å². The topological polar surface area (TPSA) is 55.3 Å². The summed E-state index contributed by atoms with van der Waals surface area (Å²) in [5, 5.41) is 2.04. The van der Waals surface area contributed by atoms with Gasteiger partial charge in [0.1, 0.15) is 5.76 Å². The SMILES string of the molecule is Cc1oc(-c2cccs2)nc1CN1CCC(N)C1. The lowest BCUT2D eigenvalue weighted by molar-refractivity contribution is 0.321. The highest BCUT2D eigenvalue weighted by atomic mass is 32.1. The summed E-state index contributed by atoms with van der Waals surface area (Å²) in [6.07, 6.45) is 1.08. The van der Waals surface area contributed by atoms with E-state index in [9.17, 15) is 0 Å². The Balaban J connectivity index is 1.77. The maximum Gasteiger partial charge on any atom is 0.236 e. The Kier molecular flexibility index (Phi) is 3.20. The molecule has 96 valence electrons. The molecule has 0 aliphatic carbocycles. The minimum atomic E-state index is 0.314. The largest absolute Gasteiger partial charge is 0.440 e. The molecule has 3 heterocycles. The van der Waals surface area contributed by atoms with Crippen molar-refractivity contribution in [1.82, 2.24) is 9.88 Å². The Labute approximate surface area is 110 Å². The molecule has 2 N–H and O–H groups in total. The quantitative estimate of drug-likeness (QED) is 0.922. The third-order valence-corrected chi connectivity index (χ3v) is 4.16. The Hall–Kier alpha value is -1.17. The van der Waals surface area contributed by atoms with Gasteiger partial charge in [-0.3, -0.25) is 4.90 Å². The molecule has 1 saturated heterocycles. The lowest BCUT2D eigenvalue weighted by Gasteiger charge is -2.12. The van der Waals surface area contributed by atoms with Crippen LogP contribution in [0.15, 0.2) is 21.9 Å². The molecule has 0 aromatic carbocycles. The summed E-state index contributed by atoms with van der Waals surface area (Å²) >= 11 is 1.65. The lowest BCUT2D eigenvalue weighted by atomic mass is 10.3. The molecule has 3 rings (SSSR count). The van der Waals surface area contributed by atoms with Gasteiger partial charge in [0.25, 0.3) is 0 Å². The lowest BCUT2D eigenvalue weighted by Crippen LogP contribution is -2.26. The van der Waals surface area contributed by atoms with E-state index in [2.05, 4.69) is 9.88 Å². The molecule has 4 nitrogen and oxygen atoms in total. The van der Waals surface area contributed by atoms with E-state index in [1.54, 1.807) is 11.3 Å². The Bertz CT molecular complexity index is 520. The molecule has 0 amide bonds. The second-order valence-corrected chi connectivity index (χ2v) is 5.73. The zero-order valence-electron chi connectivity index (χ0n) is 10.4. The normalized spacial score (nSPS) is 20.7. The van der Waals surface area contributed by atoms with E-state index >= 15 is 0 Å². The number of thiophene rings is 1. The smallest absolute Gasteiger partial charge is 0.236 e. The van der Waals surface area contributed by atoms with Gasteiger partial charge in [0.05, 0.1) is 10.6 Å². The molecule has 0 radical (unpaired) electrons. The van der Waals surface area contributed by atoms with Gasteiger partial charge < -0.3 is 10.2 Å². The molecule has 2 aromatic heterocycles. The van der Waals surface area contributed by atoms with Crippen molar-refractivity contribution >= 4 is 11.3 Å². The van der Waals surface area contributed by atoms with E-state index in [1.165, 1.54) is 0 Å². The number of rotatable bonds is 3. The predicted molar refractivity (Wildman–Crippen MR) is 72.4 cm³/mol. The van der Waals surface area contributed by atoms with Gasteiger partial charge in [0, 0.05) is 25.7 Å². The summed E-state index contributed by atoms with van der Waals surface area (Å²) < 4.78 is 5.74. The highest BCUT2D eigenvalue weighted by Gasteiger charge is 2.21. The van der Waals surface area contributed by atoms with Crippen LogP contribution in [-0.4, -0.2) is 29.0 Å². The average molecular weight is 263 g/mol. The van der Waals surface area contributed by atoms with Crippen molar-refractivity contribution in [2.45, 2.75) is 25.9 Å². The molecule has 18 heavy (non-hydrogen) atoms. The van der Waals surface area contributed by atoms with Crippen LogP contribution < -0.4 is 5.73 Å². The third-order valence-electron chi connectivity index (χ3n) is 3.31. The van der Waals surface area contributed by atoms with Crippen molar-refractivity contribution in [2.75, 3.05) is 13.1 Å². The molecular formula is C13H17N3OS. The van der Waals surface area contributed by atoms with E-state index in [-0.39, 0.29) is 0 Å². The standard InChI is InChI=1S/C13H17N3OS/c1-9-11(8-16-5-4-10(14)7-16)15-13(17-9)12-3-2-6-18-12/h2-3,6,10H,4-5,7-8,14H2,1H3. The second kappa shape index (κ2) is 4.84. The minimum absolute atomic E-state index is 0.314. The Morgan fingerprint density at radius 1 is 1.61 bits per heavy atom. The molecule has 0 saturated carbocycles. The van der Waals surface area contributed by atoms with Crippen LogP contribution in [-0.2, 0) is 6.54 Å². The van der Waals surface area contributed by atoms with Crippen LogP contribution >= 0.6 is 11.3 Å². The fourth-order valence-electron chi connectivity index (χ4n) is 2.30. The Morgan fingerprint density at radius 2 is 2.50 bits per heavy atom. The fraction of sp³-hybridized carbons (Fsp3) is 0.462. The number of likely N-dealkylation sites (tertiary alicyclic amines) is 1. The van der Waals surface area contributed by atoms with Gasteiger partial charge in [-0.25, -0.2) is 4.98 Å². The van der Waals surface area contributed by atoms with Crippen LogP contribution in [0.4, 0.5) is 0 Å². The molecule has 2 aromatic rings. The first kappa shape index (κ1) is 11.9. The molecule has 0 spiro atoms. The van der Waals surface area contributed by atoms with Gasteiger partial charge >= 0.3 is 0 Å². The molecule has 1 aliphatic rings. The zero-order valence-corrected chi connectivity index (χ0v) is 11.2. The average Bonchev–Trinajstić information content (AvgIpc) is 3.02. The van der Waals surface area contributed by atoms with Gasteiger partial charge in [-0.1, -0.05) is 6.07 Å². The van der Waals surface area contributed by atoms with Crippen LogP contribution in [0.25, 0.3) is 10.8 Å². The van der Waals surface area contributed by atoms with Crippen LogP contribution in [0.1, 0.15) is 17.9 Å². The number of oxazole rings is 1. The monoisotopic (exact) mass is 263 g/mol. The highest BCUT2D eigenvalue weighted by molar-refractivity contribution is 7.13. The maximum atomic E-state index is 5.92. The molecule has 1 atom stereocenters. The number of aryl methyl sites for hydroxylation is 1. The summed E-state index contributed by atoms with van der Waals surface area (Å²) in [5.41, 5.74) is 6.95. The van der Waals surface area contributed by atoms with Crippen molar-refractivity contribution in [3.05, 3.63) is 29.0 Å².